The molecule has 2 atom stereocenters. The van der Waals surface area contributed by atoms with Crippen molar-refractivity contribution in [2.75, 3.05) is 13.2 Å². The molecule has 0 radical (unpaired) electrons. The van der Waals surface area contributed by atoms with Crippen LogP contribution in [0.25, 0.3) is 0 Å². The lowest BCUT2D eigenvalue weighted by molar-refractivity contribution is 0.0606. The fraction of sp³-hybridized carbons (Fsp3) is 0.400. The minimum Gasteiger partial charge on any atom is -0.508 e. The van der Waals surface area contributed by atoms with E-state index in [0.29, 0.717) is 13.2 Å². The number of aromatic hydroxyl groups is 1. The van der Waals surface area contributed by atoms with E-state index in [1.807, 2.05) is 42.5 Å². The van der Waals surface area contributed by atoms with Gasteiger partial charge in [-0.1, -0.05) is 112 Å². The lowest BCUT2D eigenvalue weighted by Gasteiger charge is -2.27. The first-order valence-electron chi connectivity index (χ1n) is 12.4. The highest BCUT2D eigenvalue weighted by molar-refractivity contribution is 5.48. The Morgan fingerprint density at radius 1 is 0.606 bits per heavy atom. The molecule has 3 heteroatoms. The molecule has 0 aliphatic heterocycles. The van der Waals surface area contributed by atoms with E-state index in [-0.39, 0.29) is 18.0 Å². The Balaban J connectivity index is 2.02. The number of phenols is 1. The molecule has 0 aliphatic carbocycles. The molecular weight excluding hydrogens is 408 g/mol. The Kier molecular flexibility index (Phi) is 10.5. The standard InChI is InChI=1S/C30H38O3/c1-3-5-13-22-32-29(24-16-9-7-10-17-24)26-20-15-21-27(31)28(26)30(33-23-14-6-4-2)25-18-11-8-12-19-25/h7-12,15-21,29-31H,3-6,13-14,22-23H2,1-2H3. The highest BCUT2D eigenvalue weighted by Gasteiger charge is 2.27. The minimum atomic E-state index is -0.357. The smallest absolute Gasteiger partial charge is 0.122 e. The Hall–Kier alpha value is -2.62. The maximum Gasteiger partial charge on any atom is 0.122 e. The number of unbranched alkanes of at least 4 members (excludes halogenated alkanes) is 4. The second-order valence-corrected chi connectivity index (χ2v) is 8.52. The van der Waals surface area contributed by atoms with Crippen molar-refractivity contribution >= 4 is 0 Å². The molecule has 3 rings (SSSR count). The second-order valence-electron chi connectivity index (χ2n) is 8.52. The van der Waals surface area contributed by atoms with Crippen LogP contribution in [0.3, 0.4) is 0 Å². The summed E-state index contributed by atoms with van der Waals surface area (Å²) >= 11 is 0. The van der Waals surface area contributed by atoms with Crippen molar-refractivity contribution in [2.24, 2.45) is 0 Å². The molecule has 3 aromatic carbocycles. The third-order valence-electron chi connectivity index (χ3n) is 5.93. The maximum absolute atomic E-state index is 11.1. The van der Waals surface area contributed by atoms with Gasteiger partial charge in [-0.3, -0.25) is 0 Å². The predicted octanol–water partition coefficient (Wildman–Crippen LogP) is 7.98. The SMILES string of the molecule is CCCCCOC(c1ccccc1)c1cccc(O)c1C(OCCCCC)c1ccccc1. The summed E-state index contributed by atoms with van der Waals surface area (Å²) in [6.45, 7) is 5.71. The van der Waals surface area contributed by atoms with Crippen LogP contribution in [0.15, 0.2) is 78.9 Å². The molecule has 1 N–H and O–H groups in total. The fourth-order valence-corrected chi connectivity index (χ4v) is 4.16. The van der Waals surface area contributed by atoms with Gasteiger partial charge >= 0.3 is 0 Å². The molecular formula is C30H38O3. The lowest BCUT2D eigenvalue weighted by atomic mass is 9.90. The number of rotatable bonds is 14. The Labute approximate surface area is 199 Å². The van der Waals surface area contributed by atoms with Gasteiger partial charge in [-0.15, -0.1) is 0 Å². The first-order valence-corrected chi connectivity index (χ1v) is 12.4. The van der Waals surface area contributed by atoms with Crippen molar-refractivity contribution in [2.45, 2.75) is 64.6 Å². The molecule has 176 valence electrons. The Bertz CT molecular complexity index is 924. The summed E-state index contributed by atoms with van der Waals surface area (Å²) in [5.74, 6) is 0.245. The van der Waals surface area contributed by atoms with Gasteiger partial charge in [0.1, 0.15) is 18.0 Å². The zero-order valence-electron chi connectivity index (χ0n) is 20.1. The number of phenolic OH excluding ortho intramolecular Hbond substituents is 1. The van der Waals surface area contributed by atoms with E-state index in [1.165, 1.54) is 0 Å². The molecule has 3 nitrogen and oxygen atoms in total. The minimum absolute atomic E-state index is 0.245. The number of benzene rings is 3. The molecule has 0 aliphatic rings. The van der Waals surface area contributed by atoms with Crippen molar-refractivity contribution in [3.8, 4) is 5.75 Å². The number of hydrogen-bond acceptors (Lipinski definition) is 3. The van der Waals surface area contributed by atoms with Gasteiger partial charge in [-0.05, 0) is 35.6 Å². The van der Waals surface area contributed by atoms with Crippen molar-refractivity contribution in [3.63, 3.8) is 0 Å². The summed E-state index contributed by atoms with van der Waals surface area (Å²) in [5.41, 5.74) is 3.87. The second kappa shape index (κ2) is 13.8. The molecule has 33 heavy (non-hydrogen) atoms. The van der Waals surface area contributed by atoms with Crippen LogP contribution < -0.4 is 0 Å². The molecule has 0 saturated heterocycles. The van der Waals surface area contributed by atoms with Crippen LogP contribution >= 0.6 is 0 Å². The average Bonchev–Trinajstić information content (AvgIpc) is 2.86. The highest BCUT2D eigenvalue weighted by Crippen LogP contribution is 2.40. The van der Waals surface area contributed by atoms with E-state index in [9.17, 15) is 5.11 Å². The van der Waals surface area contributed by atoms with Crippen molar-refractivity contribution in [1.82, 2.24) is 0 Å². The van der Waals surface area contributed by atoms with Crippen LogP contribution in [-0.4, -0.2) is 18.3 Å². The Morgan fingerprint density at radius 3 is 1.67 bits per heavy atom. The molecule has 3 aromatic rings. The van der Waals surface area contributed by atoms with Gasteiger partial charge in [-0.25, -0.2) is 0 Å². The summed E-state index contributed by atoms with van der Waals surface area (Å²) < 4.78 is 12.9. The zero-order chi connectivity index (χ0) is 23.3. The summed E-state index contributed by atoms with van der Waals surface area (Å²) in [4.78, 5) is 0. The monoisotopic (exact) mass is 446 g/mol. The molecule has 0 fully saturated rings. The van der Waals surface area contributed by atoms with Crippen molar-refractivity contribution in [1.29, 1.82) is 0 Å². The molecule has 0 saturated carbocycles. The van der Waals surface area contributed by atoms with Crippen LogP contribution in [0, 0.1) is 0 Å². The molecule has 0 bridgehead atoms. The van der Waals surface area contributed by atoms with Gasteiger partial charge < -0.3 is 14.6 Å². The fourth-order valence-electron chi connectivity index (χ4n) is 4.16. The molecule has 0 spiro atoms. The average molecular weight is 447 g/mol. The Morgan fingerprint density at radius 2 is 1.12 bits per heavy atom. The topological polar surface area (TPSA) is 38.7 Å². The van der Waals surface area contributed by atoms with Gasteiger partial charge in [0.15, 0.2) is 0 Å². The summed E-state index contributed by atoms with van der Waals surface area (Å²) in [5, 5.41) is 11.1. The van der Waals surface area contributed by atoms with E-state index in [4.69, 9.17) is 9.47 Å². The van der Waals surface area contributed by atoms with Gasteiger partial charge in [0, 0.05) is 18.8 Å². The van der Waals surface area contributed by atoms with Crippen molar-refractivity contribution < 1.29 is 14.6 Å². The van der Waals surface area contributed by atoms with Crippen LogP contribution in [0.2, 0.25) is 0 Å². The first-order chi connectivity index (χ1) is 16.3. The highest BCUT2D eigenvalue weighted by atomic mass is 16.5. The van der Waals surface area contributed by atoms with E-state index in [0.717, 1.165) is 60.8 Å². The number of ether oxygens (including phenoxy) is 2. The summed E-state index contributed by atoms with van der Waals surface area (Å²) in [7, 11) is 0. The lowest BCUT2D eigenvalue weighted by Crippen LogP contribution is -2.15. The quantitative estimate of drug-likeness (QED) is 0.255. The molecule has 2 unspecified atom stereocenters. The van der Waals surface area contributed by atoms with Crippen LogP contribution in [0.4, 0.5) is 0 Å². The van der Waals surface area contributed by atoms with E-state index >= 15 is 0 Å². The van der Waals surface area contributed by atoms with Crippen molar-refractivity contribution in [3.05, 3.63) is 101 Å². The van der Waals surface area contributed by atoms with Gasteiger partial charge in [0.25, 0.3) is 0 Å². The normalized spacial score (nSPS) is 13.0. The summed E-state index contributed by atoms with van der Waals surface area (Å²) in [6.07, 6.45) is 5.95. The molecule has 0 heterocycles. The largest absolute Gasteiger partial charge is 0.508 e. The molecule has 0 amide bonds. The molecule has 0 aromatic heterocycles. The first kappa shape index (κ1) is 25.0. The van der Waals surface area contributed by atoms with Crippen LogP contribution in [0.5, 0.6) is 5.75 Å². The maximum atomic E-state index is 11.1. The van der Waals surface area contributed by atoms with Gasteiger partial charge in [0.05, 0.1) is 0 Å². The van der Waals surface area contributed by atoms with Crippen LogP contribution in [0.1, 0.15) is 86.8 Å². The summed E-state index contributed by atoms with van der Waals surface area (Å²) in [6, 6.07) is 26.2. The predicted molar refractivity (Wildman–Crippen MR) is 136 cm³/mol. The van der Waals surface area contributed by atoms with E-state index < -0.39 is 0 Å². The third-order valence-corrected chi connectivity index (χ3v) is 5.93. The van der Waals surface area contributed by atoms with Gasteiger partial charge in [-0.2, -0.15) is 0 Å². The zero-order valence-corrected chi connectivity index (χ0v) is 20.1. The van der Waals surface area contributed by atoms with Crippen LogP contribution in [-0.2, 0) is 9.47 Å². The number of hydrogen-bond donors (Lipinski definition) is 1. The van der Waals surface area contributed by atoms with Gasteiger partial charge in [0.2, 0.25) is 0 Å². The third kappa shape index (κ3) is 7.18. The van der Waals surface area contributed by atoms with E-state index in [2.05, 4.69) is 44.2 Å². The van der Waals surface area contributed by atoms with E-state index in [1.54, 1.807) is 6.07 Å².